The Morgan fingerprint density at radius 1 is 1.24 bits per heavy atom. The van der Waals surface area contributed by atoms with Crippen molar-refractivity contribution in [2.24, 2.45) is 0 Å². The zero-order chi connectivity index (χ0) is 15.6. The Labute approximate surface area is 118 Å². The fraction of sp³-hybridized carbons (Fsp3) is 0.143. The minimum Gasteiger partial charge on any atom is -0.465 e. The molecule has 1 heterocycles. The number of ether oxygens (including phenoxy) is 1. The van der Waals surface area contributed by atoms with Gasteiger partial charge < -0.3 is 10.5 Å². The number of rotatable bonds is 2. The molecule has 2 aromatic rings. The maximum absolute atomic E-state index is 12.5. The van der Waals surface area contributed by atoms with E-state index in [0.717, 1.165) is 12.1 Å². The van der Waals surface area contributed by atoms with E-state index in [1.54, 1.807) is 0 Å². The van der Waals surface area contributed by atoms with Gasteiger partial charge in [-0.2, -0.15) is 13.2 Å². The molecule has 2 N–H and O–H groups in total. The zero-order valence-electron chi connectivity index (χ0n) is 10.9. The van der Waals surface area contributed by atoms with Crippen LogP contribution in [-0.2, 0) is 10.9 Å². The largest absolute Gasteiger partial charge is 0.465 e. The molecular formula is C14H11F3N2O2. The molecule has 0 saturated carbocycles. The van der Waals surface area contributed by atoms with Gasteiger partial charge in [0.05, 0.1) is 18.2 Å². The van der Waals surface area contributed by atoms with Crippen LogP contribution in [0.5, 0.6) is 0 Å². The highest BCUT2D eigenvalue weighted by molar-refractivity contribution is 5.97. The summed E-state index contributed by atoms with van der Waals surface area (Å²) in [7, 11) is 1.20. The number of aromatic nitrogens is 1. The summed E-state index contributed by atoms with van der Waals surface area (Å²) in [6.45, 7) is 0. The molecule has 2 rings (SSSR count). The maximum Gasteiger partial charge on any atom is 0.416 e. The molecule has 21 heavy (non-hydrogen) atoms. The number of nitrogens with zero attached hydrogens (tertiary/aromatic N) is 1. The van der Waals surface area contributed by atoms with Gasteiger partial charge in [0.15, 0.2) is 0 Å². The Hall–Kier alpha value is -2.57. The monoisotopic (exact) mass is 296 g/mol. The lowest BCUT2D eigenvalue weighted by molar-refractivity contribution is -0.137. The summed E-state index contributed by atoms with van der Waals surface area (Å²) in [5.41, 5.74) is 5.65. The first kappa shape index (κ1) is 14.8. The van der Waals surface area contributed by atoms with Crippen LogP contribution >= 0.6 is 0 Å². The van der Waals surface area contributed by atoms with Crippen molar-refractivity contribution in [1.29, 1.82) is 0 Å². The molecule has 0 fully saturated rings. The molecule has 0 atom stereocenters. The van der Waals surface area contributed by atoms with Gasteiger partial charge in [0, 0.05) is 11.8 Å². The van der Waals surface area contributed by atoms with Crippen LogP contribution in [0.25, 0.3) is 11.1 Å². The number of carbonyl (C=O) groups excluding carboxylic acids is 1. The third-order valence-corrected chi connectivity index (χ3v) is 2.85. The minimum atomic E-state index is -4.41. The molecule has 1 aromatic heterocycles. The summed E-state index contributed by atoms with van der Waals surface area (Å²) in [5, 5.41) is 0. The van der Waals surface area contributed by atoms with E-state index in [4.69, 9.17) is 5.73 Å². The summed E-state index contributed by atoms with van der Waals surface area (Å²) in [4.78, 5) is 15.6. The quantitative estimate of drug-likeness (QED) is 0.865. The van der Waals surface area contributed by atoms with Crippen LogP contribution in [0, 0.1) is 0 Å². The smallest absolute Gasteiger partial charge is 0.416 e. The van der Waals surface area contributed by atoms with E-state index in [2.05, 4.69) is 9.72 Å². The fourth-order valence-corrected chi connectivity index (χ4v) is 1.82. The van der Waals surface area contributed by atoms with Crippen LogP contribution in [0.2, 0.25) is 0 Å². The molecule has 0 radical (unpaired) electrons. The molecule has 1 aromatic carbocycles. The summed E-state index contributed by atoms with van der Waals surface area (Å²) in [5.74, 6) is -0.523. The normalized spacial score (nSPS) is 11.2. The molecule has 0 saturated heterocycles. The van der Waals surface area contributed by atoms with Crippen molar-refractivity contribution < 1.29 is 22.7 Å². The molecular weight excluding hydrogens is 285 g/mol. The van der Waals surface area contributed by atoms with E-state index >= 15 is 0 Å². The third-order valence-electron chi connectivity index (χ3n) is 2.85. The molecule has 0 aliphatic carbocycles. The van der Waals surface area contributed by atoms with E-state index in [0.29, 0.717) is 11.1 Å². The predicted octanol–water partition coefficient (Wildman–Crippen LogP) is 3.14. The number of halogens is 3. The first-order valence-corrected chi connectivity index (χ1v) is 5.84. The molecule has 0 unspecified atom stereocenters. The van der Waals surface area contributed by atoms with Crippen molar-refractivity contribution in [3.8, 4) is 11.1 Å². The van der Waals surface area contributed by atoms with Crippen LogP contribution in [0.15, 0.2) is 36.5 Å². The molecule has 0 aliphatic rings. The number of nitrogen functional groups attached to an aromatic ring is 1. The number of pyridine rings is 1. The second-order valence-corrected chi connectivity index (χ2v) is 4.22. The Balaban J connectivity index is 2.49. The van der Waals surface area contributed by atoms with E-state index in [-0.39, 0.29) is 11.4 Å². The first-order valence-electron chi connectivity index (χ1n) is 5.84. The van der Waals surface area contributed by atoms with Crippen LogP contribution in [0.3, 0.4) is 0 Å². The van der Waals surface area contributed by atoms with E-state index in [9.17, 15) is 18.0 Å². The molecule has 7 heteroatoms. The van der Waals surface area contributed by atoms with Crippen LogP contribution in [0.4, 0.5) is 19.0 Å². The summed E-state index contributed by atoms with van der Waals surface area (Å²) in [6, 6.07) is 5.73. The summed E-state index contributed by atoms with van der Waals surface area (Å²) >= 11 is 0. The number of alkyl halides is 3. The van der Waals surface area contributed by atoms with Crippen molar-refractivity contribution in [1.82, 2.24) is 4.98 Å². The number of esters is 1. The molecule has 0 amide bonds. The van der Waals surface area contributed by atoms with E-state index < -0.39 is 17.7 Å². The van der Waals surface area contributed by atoms with Crippen molar-refractivity contribution in [2.45, 2.75) is 6.18 Å². The first-order chi connectivity index (χ1) is 9.82. The van der Waals surface area contributed by atoms with Gasteiger partial charge in [-0.25, -0.2) is 9.78 Å². The van der Waals surface area contributed by atoms with Gasteiger partial charge in [-0.1, -0.05) is 12.1 Å². The van der Waals surface area contributed by atoms with Crippen LogP contribution in [0.1, 0.15) is 15.9 Å². The molecule has 0 bridgehead atoms. The number of hydrogen-bond acceptors (Lipinski definition) is 4. The Morgan fingerprint density at radius 3 is 2.38 bits per heavy atom. The Bertz CT molecular complexity index is 667. The Morgan fingerprint density at radius 2 is 1.86 bits per heavy atom. The lowest BCUT2D eigenvalue weighted by Crippen LogP contribution is -2.07. The van der Waals surface area contributed by atoms with Crippen molar-refractivity contribution >= 4 is 11.8 Å². The van der Waals surface area contributed by atoms with Gasteiger partial charge in [-0.05, 0) is 23.8 Å². The predicted molar refractivity (Wildman–Crippen MR) is 70.4 cm³/mol. The highest BCUT2D eigenvalue weighted by atomic mass is 19.4. The molecule has 0 spiro atoms. The SMILES string of the molecule is COC(=O)c1cc(N)ncc1-c1ccc(C(F)(F)F)cc1. The Kier molecular flexibility index (Phi) is 3.84. The van der Waals surface area contributed by atoms with Gasteiger partial charge >= 0.3 is 12.1 Å². The number of methoxy groups -OCH3 is 1. The lowest BCUT2D eigenvalue weighted by Gasteiger charge is -2.10. The van der Waals surface area contributed by atoms with Gasteiger partial charge in [0.25, 0.3) is 0 Å². The summed E-state index contributed by atoms with van der Waals surface area (Å²) < 4.78 is 42.2. The molecule has 0 aliphatic heterocycles. The highest BCUT2D eigenvalue weighted by Crippen LogP contribution is 2.32. The minimum absolute atomic E-state index is 0.117. The van der Waals surface area contributed by atoms with Crippen molar-refractivity contribution in [3.05, 3.63) is 47.7 Å². The average Bonchev–Trinajstić information content (AvgIpc) is 2.45. The number of nitrogens with two attached hydrogens (primary N) is 1. The van der Waals surface area contributed by atoms with Gasteiger partial charge in [0.2, 0.25) is 0 Å². The second-order valence-electron chi connectivity index (χ2n) is 4.22. The number of hydrogen-bond donors (Lipinski definition) is 1. The van der Waals surface area contributed by atoms with Crippen LogP contribution < -0.4 is 5.73 Å². The van der Waals surface area contributed by atoms with Gasteiger partial charge in [0.1, 0.15) is 5.82 Å². The van der Waals surface area contributed by atoms with Gasteiger partial charge in [-0.15, -0.1) is 0 Å². The standard InChI is InChI=1S/C14H11F3N2O2/c1-21-13(20)10-6-12(18)19-7-11(10)8-2-4-9(5-3-8)14(15,16)17/h2-7H,1H3,(H2,18,19). The van der Waals surface area contributed by atoms with Crippen LogP contribution in [-0.4, -0.2) is 18.1 Å². The summed E-state index contributed by atoms with van der Waals surface area (Å²) in [6.07, 6.45) is -3.09. The van der Waals surface area contributed by atoms with E-state index in [1.807, 2.05) is 0 Å². The molecule has 110 valence electrons. The fourth-order valence-electron chi connectivity index (χ4n) is 1.82. The lowest BCUT2D eigenvalue weighted by atomic mass is 10.0. The third kappa shape index (κ3) is 3.13. The number of benzene rings is 1. The second kappa shape index (κ2) is 5.43. The van der Waals surface area contributed by atoms with Gasteiger partial charge in [-0.3, -0.25) is 0 Å². The van der Waals surface area contributed by atoms with Crippen molar-refractivity contribution in [2.75, 3.05) is 12.8 Å². The number of carbonyl (C=O) groups is 1. The maximum atomic E-state index is 12.5. The zero-order valence-corrected chi connectivity index (χ0v) is 10.9. The van der Waals surface area contributed by atoms with Crippen molar-refractivity contribution in [3.63, 3.8) is 0 Å². The molecule has 4 nitrogen and oxygen atoms in total. The highest BCUT2D eigenvalue weighted by Gasteiger charge is 2.30. The topological polar surface area (TPSA) is 65.2 Å². The van der Waals surface area contributed by atoms with E-state index in [1.165, 1.54) is 31.5 Å². The average molecular weight is 296 g/mol. The number of anilines is 1.